The number of nitrogens with zero attached hydrogens (tertiary/aromatic N) is 1. The Morgan fingerprint density at radius 3 is 2.57 bits per heavy atom. The number of aliphatic carboxylic acids is 1. The number of aliphatic hydroxyl groups is 1. The third-order valence-electron chi connectivity index (χ3n) is 3.26. The monoisotopic (exact) mass is 319 g/mol. The van der Waals surface area contributed by atoms with E-state index in [1.54, 1.807) is 31.4 Å². The number of hydrogen-bond donors (Lipinski definition) is 4. The van der Waals surface area contributed by atoms with Gasteiger partial charge in [0.05, 0.1) is 19.3 Å². The van der Waals surface area contributed by atoms with E-state index in [4.69, 9.17) is 9.84 Å². The quantitative estimate of drug-likeness (QED) is 0.619. The standard InChI is InChI=1S/C15H17N3O5/c1-15(22,14(20)21)8-16-13(19)12-7-11(17-18-12)9-3-5-10(23-2)6-4-9/h3-7,22H,8H2,1-2H3,(H,16,19)(H,17,18)(H,20,21). The van der Waals surface area contributed by atoms with Crippen molar-refractivity contribution >= 4 is 11.9 Å². The van der Waals surface area contributed by atoms with Crippen LogP contribution in [0.1, 0.15) is 17.4 Å². The van der Waals surface area contributed by atoms with Gasteiger partial charge in [0.2, 0.25) is 0 Å². The van der Waals surface area contributed by atoms with Gasteiger partial charge in [-0.2, -0.15) is 5.10 Å². The molecule has 8 heteroatoms. The van der Waals surface area contributed by atoms with Gasteiger partial charge in [-0.25, -0.2) is 4.79 Å². The molecule has 0 radical (unpaired) electrons. The number of benzene rings is 1. The van der Waals surface area contributed by atoms with Crippen molar-refractivity contribution in [2.24, 2.45) is 0 Å². The van der Waals surface area contributed by atoms with Crippen LogP contribution in [0, 0.1) is 0 Å². The molecule has 0 bridgehead atoms. The molecule has 0 fully saturated rings. The van der Waals surface area contributed by atoms with Crippen molar-refractivity contribution in [3.05, 3.63) is 36.0 Å². The molecule has 0 saturated carbocycles. The minimum atomic E-state index is -2.03. The van der Waals surface area contributed by atoms with Gasteiger partial charge < -0.3 is 20.3 Å². The fraction of sp³-hybridized carbons (Fsp3) is 0.267. The highest BCUT2D eigenvalue weighted by molar-refractivity contribution is 5.93. The first-order valence-corrected chi connectivity index (χ1v) is 6.77. The molecule has 1 unspecified atom stereocenters. The number of amides is 1. The van der Waals surface area contributed by atoms with Gasteiger partial charge in [-0.15, -0.1) is 0 Å². The predicted molar refractivity (Wildman–Crippen MR) is 81.2 cm³/mol. The highest BCUT2D eigenvalue weighted by atomic mass is 16.5. The molecule has 1 atom stereocenters. The fourth-order valence-corrected chi connectivity index (χ4v) is 1.77. The summed E-state index contributed by atoms with van der Waals surface area (Å²) in [5.41, 5.74) is -0.521. The van der Waals surface area contributed by atoms with Crippen molar-refractivity contribution in [2.75, 3.05) is 13.7 Å². The van der Waals surface area contributed by atoms with E-state index in [1.165, 1.54) is 6.07 Å². The van der Waals surface area contributed by atoms with Crippen LogP contribution in [0.25, 0.3) is 11.3 Å². The zero-order valence-corrected chi connectivity index (χ0v) is 12.7. The molecule has 1 heterocycles. The lowest BCUT2D eigenvalue weighted by Crippen LogP contribution is -2.46. The number of carboxylic acids is 1. The van der Waals surface area contributed by atoms with Gasteiger partial charge in [0, 0.05) is 5.56 Å². The van der Waals surface area contributed by atoms with Crippen molar-refractivity contribution in [3.63, 3.8) is 0 Å². The van der Waals surface area contributed by atoms with Crippen molar-refractivity contribution in [2.45, 2.75) is 12.5 Å². The topological polar surface area (TPSA) is 125 Å². The van der Waals surface area contributed by atoms with Crippen LogP contribution in [0.2, 0.25) is 0 Å². The lowest BCUT2D eigenvalue weighted by Gasteiger charge is -2.17. The summed E-state index contributed by atoms with van der Waals surface area (Å²) in [6.45, 7) is 0.684. The maximum atomic E-state index is 12.0. The van der Waals surface area contributed by atoms with Gasteiger partial charge in [-0.3, -0.25) is 9.89 Å². The number of ether oxygens (including phenoxy) is 1. The van der Waals surface area contributed by atoms with E-state index in [9.17, 15) is 14.7 Å². The number of methoxy groups -OCH3 is 1. The van der Waals surface area contributed by atoms with Crippen LogP contribution in [0.4, 0.5) is 0 Å². The van der Waals surface area contributed by atoms with Gasteiger partial charge in [-0.1, -0.05) is 0 Å². The fourth-order valence-electron chi connectivity index (χ4n) is 1.77. The van der Waals surface area contributed by atoms with Crippen molar-refractivity contribution < 1.29 is 24.5 Å². The zero-order chi connectivity index (χ0) is 17.0. The van der Waals surface area contributed by atoms with Crippen molar-refractivity contribution in [1.82, 2.24) is 15.5 Å². The number of rotatable bonds is 6. The lowest BCUT2D eigenvalue weighted by atomic mass is 10.1. The Hall–Kier alpha value is -2.87. The lowest BCUT2D eigenvalue weighted by molar-refractivity contribution is -0.155. The van der Waals surface area contributed by atoms with Crippen molar-refractivity contribution in [3.8, 4) is 17.0 Å². The highest BCUT2D eigenvalue weighted by Gasteiger charge is 2.30. The molecule has 2 aromatic rings. The second-order valence-corrected chi connectivity index (χ2v) is 5.16. The van der Waals surface area contributed by atoms with Gasteiger partial charge in [0.15, 0.2) is 5.60 Å². The largest absolute Gasteiger partial charge is 0.497 e. The molecule has 1 amide bonds. The highest BCUT2D eigenvalue weighted by Crippen LogP contribution is 2.21. The first-order valence-electron chi connectivity index (χ1n) is 6.77. The minimum Gasteiger partial charge on any atom is -0.497 e. The first kappa shape index (κ1) is 16.5. The number of carboxylic acid groups (broad SMARTS) is 1. The molecule has 0 aliphatic rings. The minimum absolute atomic E-state index is 0.164. The average molecular weight is 319 g/mol. The van der Waals surface area contributed by atoms with Crippen LogP contribution >= 0.6 is 0 Å². The van der Waals surface area contributed by atoms with E-state index in [2.05, 4.69) is 15.5 Å². The SMILES string of the molecule is COc1ccc(-c2cc(C(=O)NCC(C)(O)C(=O)O)[nH]n2)cc1. The van der Waals surface area contributed by atoms with E-state index in [0.717, 1.165) is 12.5 Å². The molecule has 0 aliphatic heterocycles. The second-order valence-electron chi connectivity index (χ2n) is 5.16. The van der Waals surface area contributed by atoms with Crippen molar-refractivity contribution in [1.29, 1.82) is 0 Å². The van der Waals surface area contributed by atoms with Gasteiger partial charge in [0.25, 0.3) is 5.91 Å². The number of nitrogens with one attached hydrogen (secondary N) is 2. The molecule has 122 valence electrons. The van der Waals surface area contributed by atoms with Crippen LogP contribution in [0.3, 0.4) is 0 Å². The number of H-pyrrole nitrogens is 1. The predicted octanol–water partition coefficient (Wildman–Crippen LogP) is 0.651. The summed E-state index contributed by atoms with van der Waals surface area (Å²) in [6, 6.07) is 8.67. The molecular formula is C15H17N3O5. The first-order chi connectivity index (χ1) is 10.8. The van der Waals surface area contributed by atoms with E-state index < -0.39 is 24.0 Å². The van der Waals surface area contributed by atoms with E-state index in [1.807, 2.05) is 0 Å². The Balaban J connectivity index is 2.06. The molecule has 0 spiro atoms. The summed E-state index contributed by atoms with van der Waals surface area (Å²) in [4.78, 5) is 22.7. The Kier molecular flexibility index (Phi) is 4.65. The zero-order valence-electron chi connectivity index (χ0n) is 12.7. The average Bonchev–Trinajstić information content (AvgIpc) is 3.02. The number of carbonyl (C=O) groups is 2. The van der Waals surface area contributed by atoms with Gasteiger partial charge in [-0.05, 0) is 37.3 Å². The third-order valence-corrected chi connectivity index (χ3v) is 3.26. The van der Waals surface area contributed by atoms with Gasteiger partial charge >= 0.3 is 5.97 Å². The van der Waals surface area contributed by atoms with E-state index in [0.29, 0.717) is 11.4 Å². The van der Waals surface area contributed by atoms with Crippen LogP contribution in [-0.2, 0) is 4.79 Å². The number of hydrogen-bond acceptors (Lipinski definition) is 5. The Morgan fingerprint density at radius 2 is 2.00 bits per heavy atom. The molecule has 2 rings (SSSR count). The molecule has 0 aliphatic carbocycles. The summed E-state index contributed by atoms with van der Waals surface area (Å²) in [7, 11) is 1.57. The van der Waals surface area contributed by atoms with E-state index >= 15 is 0 Å². The van der Waals surface area contributed by atoms with Crippen LogP contribution < -0.4 is 10.1 Å². The third kappa shape index (κ3) is 3.86. The number of aromatic nitrogens is 2. The summed E-state index contributed by atoms with van der Waals surface area (Å²) in [6.07, 6.45) is 0. The molecule has 8 nitrogen and oxygen atoms in total. The summed E-state index contributed by atoms with van der Waals surface area (Å²) in [5, 5.41) is 27.3. The molecule has 1 aromatic carbocycles. The molecule has 0 saturated heterocycles. The molecular weight excluding hydrogens is 302 g/mol. The van der Waals surface area contributed by atoms with E-state index in [-0.39, 0.29) is 5.69 Å². The summed E-state index contributed by atoms with van der Waals surface area (Å²) < 4.78 is 5.07. The Bertz CT molecular complexity index is 706. The van der Waals surface area contributed by atoms with Crippen LogP contribution in [-0.4, -0.2) is 51.5 Å². The molecule has 1 aromatic heterocycles. The maximum absolute atomic E-state index is 12.0. The normalized spacial score (nSPS) is 13.2. The van der Waals surface area contributed by atoms with Crippen LogP contribution in [0.15, 0.2) is 30.3 Å². The van der Waals surface area contributed by atoms with Gasteiger partial charge in [0.1, 0.15) is 11.4 Å². The number of carbonyl (C=O) groups excluding carboxylic acids is 1. The maximum Gasteiger partial charge on any atom is 0.337 e. The Morgan fingerprint density at radius 1 is 1.35 bits per heavy atom. The molecule has 4 N–H and O–H groups in total. The summed E-state index contributed by atoms with van der Waals surface area (Å²) in [5.74, 6) is -1.27. The summed E-state index contributed by atoms with van der Waals surface area (Å²) >= 11 is 0. The smallest absolute Gasteiger partial charge is 0.337 e. The molecule has 23 heavy (non-hydrogen) atoms. The van der Waals surface area contributed by atoms with Crippen LogP contribution in [0.5, 0.6) is 5.75 Å². The number of aromatic amines is 1. The Labute approximate surface area is 132 Å². The second kappa shape index (κ2) is 6.49.